The lowest BCUT2D eigenvalue weighted by Crippen LogP contribution is -2.33. The Morgan fingerprint density at radius 2 is 2.33 bits per heavy atom. The highest BCUT2D eigenvalue weighted by molar-refractivity contribution is 5.94. The van der Waals surface area contributed by atoms with Crippen molar-refractivity contribution in [2.24, 2.45) is 5.92 Å². The summed E-state index contributed by atoms with van der Waals surface area (Å²) < 4.78 is 28.5. The van der Waals surface area contributed by atoms with Gasteiger partial charge in [0, 0.05) is 12.1 Å². The molecular weight excluding hydrogens is 278 g/mol. The van der Waals surface area contributed by atoms with E-state index in [1.165, 1.54) is 31.0 Å². The van der Waals surface area contributed by atoms with E-state index in [-0.39, 0.29) is 11.7 Å². The van der Waals surface area contributed by atoms with Gasteiger partial charge >= 0.3 is 6.61 Å². The van der Waals surface area contributed by atoms with Gasteiger partial charge in [0.05, 0.1) is 0 Å². The predicted octanol–water partition coefficient (Wildman–Crippen LogP) is 2.41. The van der Waals surface area contributed by atoms with E-state index in [0.29, 0.717) is 18.0 Å². The van der Waals surface area contributed by atoms with Crippen LogP contribution >= 0.6 is 0 Å². The number of carbonyl (C=O) groups is 1. The molecule has 116 valence electrons. The normalized spacial score (nSPS) is 18.5. The molecule has 1 unspecified atom stereocenters. The summed E-state index contributed by atoms with van der Waals surface area (Å²) in [6, 6.07) is 5.83. The molecule has 21 heavy (non-hydrogen) atoms. The first kappa shape index (κ1) is 15.7. The number of rotatable bonds is 6. The van der Waals surface area contributed by atoms with Gasteiger partial charge in [0.15, 0.2) is 0 Å². The third-order valence-corrected chi connectivity index (χ3v) is 3.56. The Bertz CT molecular complexity index is 463. The number of hydrogen-bond acceptors (Lipinski definition) is 3. The highest BCUT2D eigenvalue weighted by Crippen LogP contribution is 2.16. The van der Waals surface area contributed by atoms with Gasteiger partial charge in [-0.2, -0.15) is 8.78 Å². The Labute approximate surface area is 122 Å². The zero-order chi connectivity index (χ0) is 15.1. The summed E-state index contributed by atoms with van der Waals surface area (Å²) in [6.07, 6.45) is 3.28. The standard InChI is InChI=1S/C15H20F2N2O2/c16-15(17)21-13-5-1-4-12(9-13)14(20)19-8-6-11-3-2-7-18-10-11/h1,4-5,9,11,15,18H,2-3,6-8,10H2,(H,19,20). The maximum absolute atomic E-state index is 12.1. The van der Waals surface area contributed by atoms with Gasteiger partial charge in [0.25, 0.3) is 5.91 Å². The maximum atomic E-state index is 12.1. The van der Waals surface area contributed by atoms with Crippen LogP contribution in [0.15, 0.2) is 24.3 Å². The van der Waals surface area contributed by atoms with Gasteiger partial charge in [-0.05, 0) is 56.5 Å². The summed E-state index contributed by atoms with van der Waals surface area (Å²) in [5, 5.41) is 6.15. The van der Waals surface area contributed by atoms with Crippen LogP contribution in [0.3, 0.4) is 0 Å². The zero-order valence-corrected chi connectivity index (χ0v) is 11.8. The molecule has 2 N–H and O–H groups in total. The van der Waals surface area contributed by atoms with Crippen molar-refractivity contribution in [1.29, 1.82) is 0 Å². The molecule has 1 aliphatic heterocycles. The van der Waals surface area contributed by atoms with E-state index in [2.05, 4.69) is 15.4 Å². The van der Waals surface area contributed by atoms with Crippen LogP contribution in [0, 0.1) is 5.92 Å². The first-order valence-corrected chi connectivity index (χ1v) is 7.19. The first-order valence-electron chi connectivity index (χ1n) is 7.19. The second kappa shape index (κ2) is 7.93. The van der Waals surface area contributed by atoms with Crippen molar-refractivity contribution in [3.8, 4) is 5.75 Å². The number of amides is 1. The zero-order valence-electron chi connectivity index (χ0n) is 11.8. The summed E-state index contributed by atoms with van der Waals surface area (Å²) in [7, 11) is 0. The van der Waals surface area contributed by atoms with E-state index in [0.717, 1.165) is 19.5 Å². The fourth-order valence-electron chi connectivity index (χ4n) is 2.48. The van der Waals surface area contributed by atoms with Crippen molar-refractivity contribution in [3.05, 3.63) is 29.8 Å². The second-order valence-electron chi connectivity index (χ2n) is 5.16. The smallest absolute Gasteiger partial charge is 0.387 e. The first-order chi connectivity index (χ1) is 10.1. The topological polar surface area (TPSA) is 50.4 Å². The molecule has 0 aliphatic carbocycles. The van der Waals surface area contributed by atoms with Crippen LogP contribution in [-0.2, 0) is 0 Å². The molecule has 1 atom stereocenters. The molecule has 1 aliphatic rings. The minimum absolute atomic E-state index is 0.00543. The molecule has 0 aromatic heterocycles. The third kappa shape index (κ3) is 5.30. The van der Waals surface area contributed by atoms with E-state index in [9.17, 15) is 13.6 Å². The molecule has 0 spiro atoms. The molecule has 4 nitrogen and oxygen atoms in total. The van der Waals surface area contributed by atoms with Gasteiger partial charge in [0.1, 0.15) is 5.75 Å². The molecule has 2 rings (SSSR count). The number of halogens is 2. The lowest BCUT2D eigenvalue weighted by molar-refractivity contribution is -0.0498. The van der Waals surface area contributed by atoms with E-state index in [1.807, 2.05) is 0 Å². The molecule has 0 saturated carbocycles. The Morgan fingerprint density at radius 1 is 1.48 bits per heavy atom. The number of alkyl halides is 2. The molecule has 1 fully saturated rings. The summed E-state index contributed by atoms with van der Waals surface area (Å²) in [5.41, 5.74) is 0.329. The van der Waals surface area contributed by atoms with Crippen LogP contribution in [-0.4, -0.2) is 32.2 Å². The monoisotopic (exact) mass is 298 g/mol. The number of ether oxygens (including phenoxy) is 1. The fourth-order valence-corrected chi connectivity index (χ4v) is 2.48. The molecule has 0 radical (unpaired) electrons. The average molecular weight is 298 g/mol. The Hall–Kier alpha value is -1.69. The van der Waals surface area contributed by atoms with Gasteiger partial charge in [-0.3, -0.25) is 4.79 Å². The summed E-state index contributed by atoms with van der Waals surface area (Å²) in [5.74, 6) is 0.320. The number of hydrogen-bond donors (Lipinski definition) is 2. The number of carbonyl (C=O) groups excluding carboxylic acids is 1. The van der Waals surface area contributed by atoms with Crippen molar-refractivity contribution >= 4 is 5.91 Å². The molecule has 1 saturated heterocycles. The van der Waals surface area contributed by atoms with Crippen LogP contribution in [0.4, 0.5) is 8.78 Å². The summed E-state index contributed by atoms with van der Waals surface area (Å²) >= 11 is 0. The highest BCUT2D eigenvalue weighted by atomic mass is 19.3. The van der Waals surface area contributed by atoms with Crippen molar-refractivity contribution in [3.63, 3.8) is 0 Å². The quantitative estimate of drug-likeness (QED) is 0.848. The van der Waals surface area contributed by atoms with Crippen LogP contribution < -0.4 is 15.4 Å². The molecule has 1 aromatic carbocycles. The minimum Gasteiger partial charge on any atom is -0.435 e. The minimum atomic E-state index is -2.89. The van der Waals surface area contributed by atoms with E-state index < -0.39 is 6.61 Å². The predicted molar refractivity (Wildman–Crippen MR) is 75.6 cm³/mol. The van der Waals surface area contributed by atoms with Gasteiger partial charge in [-0.1, -0.05) is 6.07 Å². The SMILES string of the molecule is O=C(NCCC1CCCNC1)c1cccc(OC(F)F)c1. The molecule has 0 bridgehead atoms. The van der Waals surface area contributed by atoms with Crippen LogP contribution in [0.1, 0.15) is 29.6 Å². The van der Waals surface area contributed by atoms with Crippen molar-refractivity contribution < 1.29 is 18.3 Å². The fraction of sp³-hybridized carbons (Fsp3) is 0.533. The Balaban J connectivity index is 1.79. The van der Waals surface area contributed by atoms with Gasteiger partial charge in [0.2, 0.25) is 0 Å². The lowest BCUT2D eigenvalue weighted by Gasteiger charge is -2.22. The highest BCUT2D eigenvalue weighted by Gasteiger charge is 2.14. The van der Waals surface area contributed by atoms with Crippen LogP contribution in [0.5, 0.6) is 5.75 Å². The van der Waals surface area contributed by atoms with Crippen molar-refractivity contribution in [1.82, 2.24) is 10.6 Å². The lowest BCUT2D eigenvalue weighted by atomic mass is 9.96. The van der Waals surface area contributed by atoms with E-state index in [1.54, 1.807) is 6.07 Å². The number of nitrogens with one attached hydrogen (secondary N) is 2. The number of piperidine rings is 1. The van der Waals surface area contributed by atoms with Gasteiger partial charge in [-0.25, -0.2) is 0 Å². The van der Waals surface area contributed by atoms with Gasteiger partial charge in [-0.15, -0.1) is 0 Å². The second-order valence-corrected chi connectivity index (χ2v) is 5.16. The van der Waals surface area contributed by atoms with Crippen LogP contribution in [0.25, 0.3) is 0 Å². The summed E-state index contributed by atoms with van der Waals surface area (Å²) in [6.45, 7) is -0.236. The molecule has 1 amide bonds. The molecule has 1 aromatic rings. The van der Waals surface area contributed by atoms with Gasteiger partial charge < -0.3 is 15.4 Å². The Morgan fingerprint density at radius 3 is 3.05 bits per heavy atom. The molecular formula is C15H20F2N2O2. The molecule has 6 heteroatoms. The van der Waals surface area contributed by atoms with Crippen molar-refractivity contribution in [2.45, 2.75) is 25.9 Å². The average Bonchev–Trinajstić information content (AvgIpc) is 2.48. The maximum Gasteiger partial charge on any atom is 0.387 e. The van der Waals surface area contributed by atoms with E-state index >= 15 is 0 Å². The van der Waals surface area contributed by atoms with Crippen molar-refractivity contribution in [2.75, 3.05) is 19.6 Å². The molecule has 1 heterocycles. The van der Waals surface area contributed by atoms with Crippen LogP contribution in [0.2, 0.25) is 0 Å². The Kier molecular flexibility index (Phi) is 5.92. The number of benzene rings is 1. The third-order valence-electron chi connectivity index (χ3n) is 3.56. The largest absolute Gasteiger partial charge is 0.435 e. The van der Waals surface area contributed by atoms with E-state index in [4.69, 9.17) is 0 Å². The summed E-state index contributed by atoms with van der Waals surface area (Å²) in [4.78, 5) is 12.0.